The third-order valence-electron chi connectivity index (χ3n) is 5.14. The highest BCUT2D eigenvalue weighted by atomic mass is 79.9. The van der Waals surface area contributed by atoms with Crippen molar-refractivity contribution in [2.45, 2.75) is 0 Å². The van der Waals surface area contributed by atoms with Gasteiger partial charge in [-0.25, -0.2) is 0 Å². The second kappa shape index (κ2) is 6.68. The molecule has 0 fully saturated rings. The summed E-state index contributed by atoms with van der Waals surface area (Å²) in [5.74, 6) is 0. The van der Waals surface area contributed by atoms with Crippen molar-refractivity contribution in [2.75, 3.05) is 0 Å². The van der Waals surface area contributed by atoms with Crippen molar-refractivity contribution in [3.63, 3.8) is 0 Å². The van der Waals surface area contributed by atoms with Crippen LogP contribution in [-0.2, 0) is 0 Å². The summed E-state index contributed by atoms with van der Waals surface area (Å²) in [4.78, 5) is 0. The molecule has 0 radical (unpaired) electrons. The van der Waals surface area contributed by atoms with Crippen LogP contribution in [0, 0.1) is 0 Å². The maximum atomic E-state index is 3.53. The Morgan fingerprint density at radius 1 is 0.444 bits per heavy atom. The third kappa shape index (κ3) is 2.94. The summed E-state index contributed by atoms with van der Waals surface area (Å²) in [5, 5.41) is 5.12. The first-order valence-electron chi connectivity index (χ1n) is 9.06. The first kappa shape index (κ1) is 16.3. The van der Waals surface area contributed by atoms with Crippen molar-refractivity contribution < 1.29 is 0 Å². The third-order valence-corrected chi connectivity index (χ3v) is 5.67. The molecule has 5 aromatic carbocycles. The SMILES string of the molecule is Brc1ccc(-c2ccc(-c3ccc4ccccc4c3)c3ccccc23)cc1. The van der Waals surface area contributed by atoms with E-state index in [9.17, 15) is 0 Å². The predicted molar refractivity (Wildman–Crippen MR) is 120 cm³/mol. The topological polar surface area (TPSA) is 0 Å². The van der Waals surface area contributed by atoms with Crippen molar-refractivity contribution in [1.29, 1.82) is 0 Å². The largest absolute Gasteiger partial charge is 0.0616 e. The molecule has 0 saturated heterocycles. The van der Waals surface area contributed by atoms with E-state index in [2.05, 4.69) is 119 Å². The molecule has 0 atom stereocenters. The fourth-order valence-corrected chi connectivity index (χ4v) is 4.05. The number of benzene rings is 5. The summed E-state index contributed by atoms with van der Waals surface area (Å²) in [5.41, 5.74) is 5.03. The number of hydrogen-bond donors (Lipinski definition) is 0. The zero-order valence-corrected chi connectivity index (χ0v) is 16.3. The normalized spacial score (nSPS) is 11.1. The van der Waals surface area contributed by atoms with E-state index in [1.165, 1.54) is 43.8 Å². The summed E-state index contributed by atoms with van der Waals surface area (Å²) < 4.78 is 1.10. The lowest BCUT2D eigenvalue weighted by Gasteiger charge is -2.13. The minimum absolute atomic E-state index is 1.10. The van der Waals surface area contributed by atoms with Gasteiger partial charge in [0.25, 0.3) is 0 Å². The summed E-state index contributed by atoms with van der Waals surface area (Å²) in [6.45, 7) is 0. The zero-order chi connectivity index (χ0) is 18.2. The molecule has 0 N–H and O–H groups in total. The van der Waals surface area contributed by atoms with Crippen LogP contribution < -0.4 is 0 Å². The van der Waals surface area contributed by atoms with Gasteiger partial charge in [-0.2, -0.15) is 0 Å². The van der Waals surface area contributed by atoms with Gasteiger partial charge >= 0.3 is 0 Å². The Bertz CT molecular complexity index is 1270. The molecule has 0 bridgehead atoms. The van der Waals surface area contributed by atoms with Crippen LogP contribution in [0.3, 0.4) is 0 Å². The molecule has 0 aliphatic rings. The molecule has 0 saturated carbocycles. The molecule has 0 aliphatic heterocycles. The predicted octanol–water partition coefficient (Wildman–Crippen LogP) is 8.09. The van der Waals surface area contributed by atoms with Gasteiger partial charge in [-0.15, -0.1) is 0 Å². The highest BCUT2D eigenvalue weighted by Gasteiger charge is 2.09. The van der Waals surface area contributed by atoms with E-state index in [1.807, 2.05) is 0 Å². The van der Waals surface area contributed by atoms with Crippen molar-refractivity contribution in [3.8, 4) is 22.3 Å². The Hall–Kier alpha value is -2.90. The smallest absolute Gasteiger partial charge is 0.0175 e. The maximum absolute atomic E-state index is 3.53. The Morgan fingerprint density at radius 3 is 1.70 bits per heavy atom. The van der Waals surface area contributed by atoms with Gasteiger partial charge in [-0.05, 0) is 62.0 Å². The molecular weight excluding hydrogens is 392 g/mol. The maximum Gasteiger partial charge on any atom is 0.0175 e. The lowest BCUT2D eigenvalue weighted by molar-refractivity contribution is 1.61. The number of hydrogen-bond acceptors (Lipinski definition) is 0. The van der Waals surface area contributed by atoms with Crippen LogP contribution in [0.25, 0.3) is 43.8 Å². The van der Waals surface area contributed by atoms with E-state index in [0.29, 0.717) is 0 Å². The van der Waals surface area contributed by atoms with Crippen LogP contribution >= 0.6 is 15.9 Å². The van der Waals surface area contributed by atoms with Gasteiger partial charge in [0.1, 0.15) is 0 Å². The van der Waals surface area contributed by atoms with Crippen LogP contribution in [0.2, 0.25) is 0 Å². The van der Waals surface area contributed by atoms with Crippen molar-refractivity contribution in [2.24, 2.45) is 0 Å². The Morgan fingerprint density at radius 2 is 1.00 bits per heavy atom. The molecule has 0 heterocycles. The van der Waals surface area contributed by atoms with Crippen LogP contribution in [0.1, 0.15) is 0 Å². The average molecular weight is 409 g/mol. The van der Waals surface area contributed by atoms with Crippen LogP contribution in [-0.4, -0.2) is 0 Å². The first-order valence-corrected chi connectivity index (χ1v) is 9.86. The van der Waals surface area contributed by atoms with Crippen LogP contribution in [0.15, 0.2) is 108 Å². The molecule has 1 heteroatoms. The van der Waals surface area contributed by atoms with Crippen molar-refractivity contribution >= 4 is 37.5 Å². The summed E-state index contributed by atoms with van der Waals surface area (Å²) >= 11 is 3.53. The van der Waals surface area contributed by atoms with E-state index >= 15 is 0 Å². The average Bonchev–Trinajstić information content (AvgIpc) is 2.73. The highest BCUT2D eigenvalue weighted by molar-refractivity contribution is 9.10. The van der Waals surface area contributed by atoms with Gasteiger partial charge in [-0.3, -0.25) is 0 Å². The first-order chi connectivity index (χ1) is 13.3. The highest BCUT2D eigenvalue weighted by Crippen LogP contribution is 2.36. The molecule has 0 nitrogen and oxygen atoms in total. The quantitative estimate of drug-likeness (QED) is 0.276. The van der Waals surface area contributed by atoms with E-state index in [1.54, 1.807) is 0 Å². The Kier molecular flexibility index (Phi) is 4.03. The van der Waals surface area contributed by atoms with E-state index in [4.69, 9.17) is 0 Å². The molecule has 0 unspecified atom stereocenters. The van der Waals surface area contributed by atoms with Gasteiger partial charge in [0.05, 0.1) is 0 Å². The zero-order valence-electron chi connectivity index (χ0n) is 14.7. The van der Waals surface area contributed by atoms with Crippen LogP contribution in [0.4, 0.5) is 0 Å². The molecular formula is C26H17Br. The Balaban J connectivity index is 1.74. The lowest BCUT2D eigenvalue weighted by atomic mass is 9.91. The van der Waals surface area contributed by atoms with Crippen molar-refractivity contribution in [1.82, 2.24) is 0 Å². The minimum atomic E-state index is 1.10. The summed E-state index contributed by atoms with van der Waals surface area (Å²) in [6.07, 6.45) is 0. The summed E-state index contributed by atoms with van der Waals surface area (Å²) in [7, 11) is 0. The standard InChI is InChI=1S/C26H17Br/c27-22-13-11-19(12-14-22)23-15-16-24(26-8-4-3-7-25(23)26)21-10-9-18-5-1-2-6-20(18)17-21/h1-17H. The van der Waals surface area contributed by atoms with Crippen molar-refractivity contribution in [3.05, 3.63) is 108 Å². The molecule has 27 heavy (non-hydrogen) atoms. The molecule has 0 spiro atoms. The van der Waals surface area contributed by atoms with Gasteiger partial charge in [-0.1, -0.05) is 101 Å². The van der Waals surface area contributed by atoms with E-state index in [0.717, 1.165) is 4.47 Å². The van der Waals surface area contributed by atoms with Gasteiger partial charge in [0, 0.05) is 4.47 Å². The lowest BCUT2D eigenvalue weighted by Crippen LogP contribution is -1.86. The van der Waals surface area contributed by atoms with Gasteiger partial charge in [0.15, 0.2) is 0 Å². The molecule has 0 amide bonds. The molecule has 0 aliphatic carbocycles. The molecule has 5 rings (SSSR count). The molecule has 128 valence electrons. The van der Waals surface area contributed by atoms with Gasteiger partial charge in [0.2, 0.25) is 0 Å². The fraction of sp³-hybridized carbons (Fsp3) is 0. The van der Waals surface area contributed by atoms with E-state index < -0.39 is 0 Å². The minimum Gasteiger partial charge on any atom is -0.0616 e. The molecule has 5 aromatic rings. The Labute approximate surface area is 167 Å². The molecule has 0 aromatic heterocycles. The van der Waals surface area contributed by atoms with E-state index in [-0.39, 0.29) is 0 Å². The summed E-state index contributed by atoms with van der Waals surface area (Å²) in [6, 6.07) is 37.0. The second-order valence-corrected chi connectivity index (χ2v) is 7.69. The van der Waals surface area contributed by atoms with Crippen LogP contribution in [0.5, 0.6) is 0 Å². The number of rotatable bonds is 2. The number of fused-ring (bicyclic) bond motifs is 2. The monoisotopic (exact) mass is 408 g/mol. The second-order valence-electron chi connectivity index (χ2n) is 6.78. The number of halogens is 1. The fourth-order valence-electron chi connectivity index (χ4n) is 3.79. The van der Waals surface area contributed by atoms with Gasteiger partial charge < -0.3 is 0 Å².